The molecule has 0 radical (unpaired) electrons. The van der Waals surface area contributed by atoms with Crippen molar-refractivity contribution in [1.29, 1.82) is 5.26 Å². The summed E-state index contributed by atoms with van der Waals surface area (Å²) in [5.74, 6) is 0.901. The Labute approximate surface area is 170 Å². The summed E-state index contributed by atoms with van der Waals surface area (Å²) in [5, 5.41) is 15.3. The van der Waals surface area contributed by atoms with Crippen LogP contribution in [0.4, 0.5) is 17.5 Å². The monoisotopic (exact) mass is 391 g/mol. The number of benzene rings is 1. The van der Waals surface area contributed by atoms with Crippen molar-refractivity contribution in [3.63, 3.8) is 0 Å². The number of likely N-dealkylation sites (tertiary alicyclic amines) is 1. The number of nitrogens with one attached hydrogen (secondary N) is 2. The van der Waals surface area contributed by atoms with E-state index in [1.807, 2.05) is 12.1 Å². The van der Waals surface area contributed by atoms with Gasteiger partial charge in [-0.3, -0.25) is 9.69 Å². The first kappa shape index (κ1) is 19.2. The lowest BCUT2D eigenvalue weighted by molar-refractivity contribution is 0.100. The predicted molar refractivity (Wildman–Crippen MR) is 111 cm³/mol. The first-order valence-corrected chi connectivity index (χ1v) is 10.0. The highest BCUT2D eigenvalue weighted by Gasteiger charge is 2.24. The van der Waals surface area contributed by atoms with Gasteiger partial charge in [0.2, 0.25) is 5.95 Å². The van der Waals surface area contributed by atoms with Crippen molar-refractivity contribution in [2.75, 3.05) is 30.3 Å². The molecule has 0 spiro atoms. The van der Waals surface area contributed by atoms with Gasteiger partial charge in [0, 0.05) is 17.9 Å². The van der Waals surface area contributed by atoms with Crippen LogP contribution in [0.15, 0.2) is 30.5 Å². The van der Waals surface area contributed by atoms with Gasteiger partial charge in [0.1, 0.15) is 5.82 Å². The highest BCUT2D eigenvalue weighted by atomic mass is 16.1. The zero-order valence-corrected chi connectivity index (χ0v) is 16.3. The normalized spacial score (nSPS) is 17.5. The summed E-state index contributed by atoms with van der Waals surface area (Å²) < 4.78 is 0. The van der Waals surface area contributed by atoms with Crippen LogP contribution in [0.5, 0.6) is 0 Å². The van der Waals surface area contributed by atoms with Crippen LogP contribution in [0.25, 0.3) is 0 Å². The summed E-state index contributed by atoms with van der Waals surface area (Å²) in [7, 11) is 0. The van der Waals surface area contributed by atoms with Crippen LogP contribution >= 0.6 is 0 Å². The second-order valence-corrected chi connectivity index (χ2v) is 7.69. The molecule has 0 atom stereocenters. The van der Waals surface area contributed by atoms with E-state index in [4.69, 9.17) is 11.0 Å². The smallest absolute Gasteiger partial charge is 0.254 e. The Kier molecular flexibility index (Phi) is 5.58. The Morgan fingerprint density at radius 2 is 1.93 bits per heavy atom. The van der Waals surface area contributed by atoms with Gasteiger partial charge in [0.05, 0.1) is 18.2 Å². The zero-order chi connectivity index (χ0) is 20.2. The van der Waals surface area contributed by atoms with E-state index < -0.39 is 5.91 Å². The zero-order valence-electron chi connectivity index (χ0n) is 16.3. The molecule has 2 aliphatic rings. The molecule has 1 saturated carbocycles. The van der Waals surface area contributed by atoms with E-state index in [0.29, 0.717) is 35.8 Å². The Morgan fingerprint density at radius 1 is 1.21 bits per heavy atom. The fourth-order valence-electron chi connectivity index (χ4n) is 3.65. The highest BCUT2D eigenvalue weighted by Crippen LogP contribution is 2.30. The van der Waals surface area contributed by atoms with Gasteiger partial charge in [-0.05, 0) is 62.4 Å². The predicted octanol–water partition coefficient (Wildman–Crippen LogP) is 2.60. The fourth-order valence-corrected chi connectivity index (χ4v) is 3.65. The summed E-state index contributed by atoms with van der Waals surface area (Å²) >= 11 is 0. The number of nitrogens with zero attached hydrogens (tertiary/aromatic N) is 4. The topological polar surface area (TPSA) is 120 Å². The number of carbonyl (C=O) groups is 1. The minimum Gasteiger partial charge on any atom is -0.367 e. The lowest BCUT2D eigenvalue weighted by Crippen LogP contribution is -2.33. The SMILES string of the molecule is N#CCN1CCC(c2ccc(Nc3ncc(C(N)=O)c(NC4CC4)n3)cc2)CC1. The quantitative estimate of drug-likeness (QED) is 0.621. The van der Waals surface area contributed by atoms with E-state index in [1.165, 1.54) is 11.8 Å². The molecular weight excluding hydrogens is 366 g/mol. The maximum absolute atomic E-state index is 11.6. The summed E-state index contributed by atoms with van der Waals surface area (Å²) in [5.41, 5.74) is 7.94. The third-order valence-electron chi connectivity index (χ3n) is 5.49. The number of primary amides is 1. The van der Waals surface area contributed by atoms with Gasteiger partial charge < -0.3 is 16.4 Å². The Bertz CT molecular complexity index is 910. The first-order chi connectivity index (χ1) is 14.1. The Hall–Kier alpha value is -3.18. The van der Waals surface area contributed by atoms with Crippen LogP contribution in [0, 0.1) is 11.3 Å². The number of hydrogen-bond acceptors (Lipinski definition) is 7. The van der Waals surface area contributed by atoms with Crippen molar-refractivity contribution in [2.24, 2.45) is 5.73 Å². The largest absolute Gasteiger partial charge is 0.367 e. The molecule has 2 heterocycles. The van der Waals surface area contributed by atoms with Crippen molar-refractivity contribution in [3.05, 3.63) is 41.6 Å². The summed E-state index contributed by atoms with van der Waals surface area (Å²) in [6.45, 7) is 2.45. The molecule has 29 heavy (non-hydrogen) atoms. The van der Waals surface area contributed by atoms with E-state index in [0.717, 1.165) is 44.5 Å². The second kappa shape index (κ2) is 8.45. The average Bonchev–Trinajstić information content (AvgIpc) is 3.53. The molecule has 0 unspecified atom stereocenters. The van der Waals surface area contributed by atoms with Gasteiger partial charge in [-0.15, -0.1) is 0 Å². The van der Waals surface area contributed by atoms with Gasteiger partial charge in [-0.2, -0.15) is 10.2 Å². The van der Waals surface area contributed by atoms with E-state index in [2.05, 4.69) is 43.7 Å². The van der Waals surface area contributed by atoms with Gasteiger partial charge >= 0.3 is 0 Å². The van der Waals surface area contributed by atoms with E-state index in [1.54, 1.807) is 0 Å². The lowest BCUT2D eigenvalue weighted by Gasteiger charge is -2.30. The first-order valence-electron chi connectivity index (χ1n) is 10.0. The summed E-state index contributed by atoms with van der Waals surface area (Å²) in [4.78, 5) is 22.5. The third kappa shape index (κ3) is 4.81. The van der Waals surface area contributed by atoms with Gasteiger partial charge in [-0.25, -0.2) is 4.98 Å². The van der Waals surface area contributed by atoms with Crippen molar-refractivity contribution in [3.8, 4) is 6.07 Å². The fraction of sp³-hybridized carbons (Fsp3) is 0.429. The van der Waals surface area contributed by atoms with Crippen LogP contribution in [0.2, 0.25) is 0 Å². The van der Waals surface area contributed by atoms with Crippen LogP contribution in [-0.2, 0) is 0 Å². The number of amides is 1. The molecule has 8 heteroatoms. The number of anilines is 3. The van der Waals surface area contributed by atoms with E-state index in [-0.39, 0.29) is 0 Å². The number of hydrogen-bond donors (Lipinski definition) is 3. The standard InChI is InChI=1S/C21H25N7O/c22-9-12-28-10-7-15(8-11-28)14-1-3-17(4-2-14)26-21-24-13-18(19(23)29)20(27-21)25-16-5-6-16/h1-4,13,15-16H,5-8,10-12H2,(H2,23,29)(H2,24,25,26,27). The van der Waals surface area contributed by atoms with Gasteiger partial charge in [-0.1, -0.05) is 12.1 Å². The van der Waals surface area contributed by atoms with Crippen LogP contribution in [0.1, 0.15) is 47.5 Å². The van der Waals surface area contributed by atoms with Crippen LogP contribution < -0.4 is 16.4 Å². The van der Waals surface area contributed by atoms with Crippen LogP contribution in [0.3, 0.4) is 0 Å². The van der Waals surface area contributed by atoms with Crippen LogP contribution in [-0.4, -0.2) is 46.5 Å². The lowest BCUT2D eigenvalue weighted by atomic mass is 9.89. The molecule has 4 N–H and O–H groups in total. The van der Waals surface area contributed by atoms with E-state index >= 15 is 0 Å². The molecule has 2 aromatic rings. The number of nitriles is 1. The number of piperidine rings is 1. The molecule has 8 nitrogen and oxygen atoms in total. The highest BCUT2D eigenvalue weighted by molar-refractivity contribution is 5.97. The number of aromatic nitrogens is 2. The molecule has 150 valence electrons. The molecule has 1 aliphatic heterocycles. The molecule has 4 rings (SSSR count). The minimum absolute atomic E-state index is 0.306. The molecule has 1 aromatic carbocycles. The van der Waals surface area contributed by atoms with E-state index in [9.17, 15) is 4.79 Å². The maximum Gasteiger partial charge on any atom is 0.254 e. The minimum atomic E-state index is -0.537. The molecule has 2 fully saturated rings. The Morgan fingerprint density at radius 3 is 2.55 bits per heavy atom. The molecule has 1 aliphatic carbocycles. The summed E-state index contributed by atoms with van der Waals surface area (Å²) in [6, 6.07) is 10.9. The second-order valence-electron chi connectivity index (χ2n) is 7.69. The molecular formula is C21H25N7O. The number of nitrogens with two attached hydrogens (primary N) is 1. The average molecular weight is 391 g/mol. The number of rotatable bonds is 7. The molecule has 0 bridgehead atoms. The van der Waals surface area contributed by atoms with Crippen molar-refractivity contribution >= 4 is 23.4 Å². The Balaban J connectivity index is 1.41. The maximum atomic E-state index is 11.6. The molecule has 1 aromatic heterocycles. The third-order valence-corrected chi connectivity index (χ3v) is 5.49. The molecule has 1 saturated heterocycles. The number of carbonyl (C=O) groups excluding carboxylic acids is 1. The van der Waals surface area contributed by atoms with Crippen molar-refractivity contribution in [2.45, 2.75) is 37.6 Å². The van der Waals surface area contributed by atoms with Crippen molar-refractivity contribution in [1.82, 2.24) is 14.9 Å². The summed E-state index contributed by atoms with van der Waals surface area (Å²) in [6.07, 6.45) is 5.75. The van der Waals surface area contributed by atoms with Gasteiger partial charge in [0.25, 0.3) is 5.91 Å². The molecule has 1 amide bonds. The van der Waals surface area contributed by atoms with Gasteiger partial charge in [0.15, 0.2) is 0 Å². The van der Waals surface area contributed by atoms with Crippen molar-refractivity contribution < 1.29 is 4.79 Å².